The molecule has 2 fully saturated rings. The van der Waals surface area contributed by atoms with Crippen LogP contribution in [0.1, 0.15) is 47.4 Å². The topological polar surface area (TPSA) is 140 Å². The summed E-state index contributed by atoms with van der Waals surface area (Å²) in [6.45, 7) is 3.68. The second-order valence-electron chi connectivity index (χ2n) is 10.5. The first kappa shape index (κ1) is 28.4. The van der Waals surface area contributed by atoms with Crippen LogP contribution in [0.15, 0.2) is 48.9 Å². The molecule has 4 N–H and O–H groups in total. The first-order chi connectivity index (χ1) is 20.6. The highest BCUT2D eigenvalue weighted by molar-refractivity contribution is 6.04. The number of hydrogen-bond donors (Lipinski definition) is 3. The molecular weight excluding hydrogens is 565 g/mol. The molecule has 0 radical (unpaired) electrons. The molecule has 2 amide bonds. The minimum atomic E-state index is -4.57. The number of hydrogen-bond acceptors (Lipinski definition) is 8. The molecule has 14 heteroatoms. The van der Waals surface area contributed by atoms with Gasteiger partial charge in [-0.1, -0.05) is 0 Å². The van der Waals surface area contributed by atoms with Crippen LogP contribution in [0.5, 0.6) is 5.75 Å². The number of nitrogens with two attached hydrogens (primary N) is 1. The van der Waals surface area contributed by atoms with E-state index in [0.717, 1.165) is 43.5 Å². The van der Waals surface area contributed by atoms with E-state index in [9.17, 15) is 22.8 Å². The van der Waals surface area contributed by atoms with E-state index < -0.39 is 17.6 Å². The van der Waals surface area contributed by atoms with E-state index in [1.807, 2.05) is 9.30 Å². The van der Waals surface area contributed by atoms with Gasteiger partial charge in [0.2, 0.25) is 5.91 Å². The number of piperidine rings is 1. The fourth-order valence-corrected chi connectivity index (χ4v) is 5.76. The van der Waals surface area contributed by atoms with Crippen molar-refractivity contribution in [3.63, 3.8) is 0 Å². The average molecular weight is 595 g/mol. The lowest BCUT2D eigenvalue weighted by molar-refractivity contribution is -0.138. The minimum Gasteiger partial charge on any atom is -0.493 e. The molecule has 0 bridgehead atoms. The van der Waals surface area contributed by atoms with Gasteiger partial charge in [-0.25, -0.2) is 15.0 Å². The van der Waals surface area contributed by atoms with Crippen LogP contribution in [-0.4, -0.2) is 68.3 Å². The zero-order chi connectivity index (χ0) is 30.3. The van der Waals surface area contributed by atoms with Gasteiger partial charge in [0.25, 0.3) is 5.91 Å². The van der Waals surface area contributed by atoms with E-state index in [1.165, 1.54) is 12.1 Å². The lowest BCUT2D eigenvalue weighted by Gasteiger charge is -2.42. The molecule has 5 heterocycles. The maximum atomic E-state index is 13.1. The number of rotatable bonds is 6. The molecule has 2 saturated heterocycles. The van der Waals surface area contributed by atoms with Gasteiger partial charge >= 0.3 is 6.18 Å². The highest BCUT2D eigenvalue weighted by Gasteiger charge is 2.37. The summed E-state index contributed by atoms with van der Waals surface area (Å²) in [5, 5.41) is 5.60. The number of amides is 2. The summed E-state index contributed by atoms with van der Waals surface area (Å²) in [5.74, 6) is 0.462. The Balaban J connectivity index is 1.35. The van der Waals surface area contributed by atoms with Crippen LogP contribution in [0.3, 0.4) is 0 Å². The number of carbonyl (C=O) groups excluding carboxylic acids is 2. The van der Waals surface area contributed by atoms with Crippen LogP contribution in [-0.2, 0) is 11.0 Å². The maximum absolute atomic E-state index is 13.1. The fraction of sp³-hybridized carbons (Fsp3) is 0.345. The maximum Gasteiger partial charge on any atom is 0.416 e. The van der Waals surface area contributed by atoms with Gasteiger partial charge in [0.15, 0.2) is 0 Å². The van der Waals surface area contributed by atoms with Gasteiger partial charge in [0.1, 0.15) is 34.4 Å². The van der Waals surface area contributed by atoms with Crippen molar-refractivity contribution in [2.45, 2.75) is 37.9 Å². The average Bonchev–Trinajstić information content (AvgIpc) is 3.38. The summed E-state index contributed by atoms with van der Waals surface area (Å²) in [7, 11) is 0. The number of nitrogen functional groups attached to an aromatic ring is 1. The number of anilines is 2. The van der Waals surface area contributed by atoms with Crippen LogP contribution < -0.4 is 21.1 Å². The monoisotopic (exact) mass is 594 g/mol. The summed E-state index contributed by atoms with van der Waals surface area (Å²) >= 11 is 0. The predicted octanol–water partition coefficient (Wildman–Crippen LogP) is 3.72. The van der Waals surface area contributed by atoms with Crippen molar-refractivity contribution in [2.24, 2.45) is 0 Å². The van der Waals surface area contributed by atoms with Crippen molar-refractivity contribution in [1.29, 1.82) is 0 Å². The summed E-state index contributed by atoms with van der Waals surface area (Å²) in [4.78, 5) is 40.7. The van der Waals surface area contributed by atoms with Gasteiger partial charge in [-0.2, -0.15) is 13.2 Å². The Morgan fingerprint density at radius 3 is 2.81 bits per heavy atom. The Bertz CT molecular complexity index is 1710. The van der Waals surface area contributed by atoms with Crippen LogP contribution in [0.4, 0.5) is 24.8 Å². The molecule has 3 aromatic heterocycles. The normalized spacial score (nSPS) is 18.9. The molecule has 2 atom stereocenters. The molecule has 6 rings (SSSR count). The Morgan fingerprint density at radius 1 is 1.19 bits per heavy atom. The van der Waals surface area contributed by atoms with E-state index in [0.29, 0.717) is 35.6 Å². The third kappa shape index (κ3) is 5.45. The number of fused-ring (bicyclic) bond motifs is 2. The van der Waals surface area contributed by atoms with E-state index in [4.69, 9.17) is 15.5 Å². The molecule has 0 aliphatic carbocycles. The van der Waals surface area contributed by atoms with Gasteiger partial charge < -0.3 is 26.0 Å². The number of nitrogens with zero attached hydrogens (tertiary/aromatic N) is 5. The van der Waals surface area contributed by atoms with Crippen LogP contribution in [0, 0.1) is 0 Å². The molecule has 2 unspecified atom stereocenters. The summed E-state index contributed by atoms with van der Waals surface area (Å²) < 4.78 is 47.2. The van der Waals surface area contributed by atoms with E-state index in [1.54, 1.807) is 25.4 Å². The lowest BCUT2D eigenvalue weighted by Crippen LogP contribution is -2.57. The number of halogens is 3. The fourth-order valence-electron chi connectivity index (χ4n) is 5.76. The van der Waals surface area contributed by atoms with Crippen LogP contribution in [0.25, 0.3) is 16.8 Å². The predicted molar refractivity (Wildman–Crippen MR) is 152 cm³/mol. The van der Waals surface area contributed by atoms with Crippen molar-refractivity contribution in [3.05, 3.63) is 65.9 Å². The number of imidazole rings is 1. The van der Waals surface area contributed by atoms with Gasteiger partial charge in [-0.3, -0.25) is 14.0 Å². The number of carbonyl (C=O) groups is 2. The molecule has 224 valence electrons. The molecule has 2 aliphatic rings. The summed E-state index contributed by atoms with van der Waals surface area (Å²) in [6, 6.07) is 6.45. The second-order valence-corrected chi connectivity index (χ2v) is 10.5. The number of benzene rings is 1. The quantitative estimate of drug-likeness (QED) is 0.307. The molecule has 4 aromatic rings. The molecule has 0 saturated carbocycles. The Morgan fingerprint density at radius 2 is 2.02 bits per heavy atom. The Kier molecular flexibility index (Phi) is 7.38. The molecule has 11 nitrogen and oxygen atoms in total. The Hall–Kier alpha value is -4.72. The number of pyridine rings is 1. The second kappa shape index (κ2) is 11.2. The first-order valence-electron chi connectivity index (χ1n) is 13.9. The zero-order valence-electron chi connectivity index (χ0n) is 23.2. The molecular formula is C29H29F3N8O3. The third-order valence-electron chi connectivity index (χ3n) is 7.79. The van der Waals surface area contributed by atoms with Crippen molar-refractivity contribution in [2.75, 3.05) is 37.3 Å². The Labute approximate surface area is 244 Å². The van der Waals surface area contributed by atoms with Crippen molar-refractivity contribution in [3.8, 4) is 17.0 Å². The molecule has 2 aliphatic heterocycles. The minimum absolute atomic E-state index is 0.0399. The van der Waals surface area contributed by atoms with Gasteiger partial charge in [-0.05, 0) is 50.1 Å². The highest BCUT2D eigenvalue weighted by atomic mass is 19.4. The number of alkyl halides is 3. The SMILES string of the molecule is CCOc1cc(C(=O)Nc2cc(C(F)(F)F)ccn2)ccc1-c1nc(C2CCC3CNCC(=O)N3C2)n2ccnc(N)c12. The number of ether oxygens (including phenoxy) is 1. The highest BCUT2D eigenvalue weighted by Crippen LogP contribution is 2.39. The number of piperazine rings is 1. The van der Waals surface area contributed by atoms with Crippen molar-refractivity contribution in [1.82, 2.24) is 29.6 Å². The summed E-state index contributed by atoms with van der Waals surface area (Å²) in [5.41, 5.74) is 7.22. The van der Waals surface area contributed by atoms with Crippen molar-refractivity contribution >= 4 is 29.0 Å². The standard InChI is InChI=1S/C29H29F3N8O3/c1-2-43-21-11-16(28(42)37-22-12-18(7-8-35-22)29(30,31)32)4-6-20(21)24-25-26(33)36-9-10-39(25)27(38-24)17-3-5-19-13-34-14-23(41)40(19)15-17/h4,6-12,17,19,34H,2-3,5,13-15H2,1H3,(H2,33,36)(H,35,37,42). The largest absolute Gasteiger partial charge is 0.493 e. The smallest absolute Gasteiger partial charge is 0.416 e. The third-order valence-corrected chi connectivity index (χ3v) is 7.79. The molecule has 1 aromatic carbocycles. The van der Waals surface area contributed by atoms with E-state index in [2.05, 4.69) is 20.6 Å². The van der Waals surface area contributed by atoms with Crippen LogP contribution >= 0.6 is 0 Å². The number of aromatic nitrogens is 4. The first-order valence-corrected chi connectivity index (χ1v) is 13.9. The van der Waals surface area contributed by atoms with E-state index in [-0.39, 0.29) is 41.7 Å². The van der Waals surface area contributed by atoms with Crippen molar-refractivity contribution < 1.29 is 27.5 Å². The van der Waals surface area contributed by atoms with Gasteiger partial charge in [0.05, 0.1) is 18.7 Å². The van der Waals surface area contributed by atoms with Crippen LogP contribution in [0.2, 0.25) is 0 Å². The summed E-state index contributed by atoms with van der Waals surface area (Å²) in [6.07, 6.45) is 1.46. The van der Waals surface area contributed by atoms with Gasteiger partial charge in [-0.15, -0.1) is 0 Å². The lowest BCUT2D eigenvalue weighted by atomic mass is 9.91. The van der Waals surface area contributed by atoms with Gasteiger partial charge in [0, 0.05) is 54.8 Å². The van der Waals surface area contributed by atoms with E-state index >= 15 is 0 Å². The molecule has 43 heavy (non-hydrogen) atoms. The number of nitrogens with one attached hydrogen (secondary N) is 2. The molecule has 0 spiro atoms. The zero-order valence-corrected chi connectivity index (χ0v) is 23.2.